The second-order valence-corrected chi connectivity index (χ2v) is 5.48. The number of halogens is 2. The summed E-state index contributed by atoms with van der Waals surface area (Å²) in [6.07, 6.45) is 3.56. The molecule has 0 saturated carbocycles. The third-order valence-corrected chi connectivity index (χ3v) is 3.60. The van der Waals surface area contributed by atoms with E-state index < -0.39 is 0 Å². The Kier molecular flexibility index (Phi) is 4.66. The Morgan fingerprint density at radius 2 is 2.00 bits per heavy atom. The van der Waals surface area contributed by atoms with E-state index in [1.807, 2.05) is 38.2 Å². The van der Waals surface area contributed by atoms with Crippen molar-refractivity contribution in [2.24, 2.45) is 0 Å². The van der Waals surface area contributed by atoms with E-state index >= 15 is 0 Å². The van der Waals surface area contributed by atoms with E-state index in [0.717, 1.165) is 10.0 Å². The maximum atomic E-state index is 13.8. The lowest BCUT2D eigenvalue weighted by molar-refractivity contribution is 0.473. The zero-order chi connectivity index (χ0) is 13.8. The summed E-state index contributed by atoms with van der Waals surface area (Å²) in [5.74, 6) is -0.193. The van der Waals surface area contributed by atoms with Crippen molar-refractivity contribution in [2.45, 2.75) is 25.9 Å². The second-order valence-electron chi connectivity index (χ2n) is 4.56. The molecule has 1 aromatic heterocycles. The monoisotopic (exact) mass is 322 g/mol. The number of hydrogen-bond acceptors (Lipinski definition) is 2. The summed E-state index contributed by atoms with van der Waals surface area (Å²) in [6, 6.07) is 8.94. The molecule has 0 bridgehead atoms. The molecule has 1 heterocycles. The number of nitrogens with zero attached hydrogens (tertiary/aromatic N) is 1. The number of nitrogens with one attached hydrogen (secondary N) is 1. The van der Waals surface area contributed by atoms with Crippen molar-refractivity contribution in [3.8, 4) is 0 Å². The van der Waals surface area contributed by atoms with Gasteiger partial charge in [0, 0.05) is 34.5 Å². The van der Waals surface area contributed by atoms with Gasteiger partial charge in [-0.25, -0.2) is 4.39 Å². The molecule has 0 aliphatic rings. The van der Waals surface area contributed by atoms with Crippen LogP contribution in [0.15, 0.2) is 47.2 Å². The summed E-state index contributed by atoms with van der Waals surface area (Å²) in [6.45, 7) is 4.00. The van der Waals surface area contributed by atoms with Crippen LogP contribution in [0.1, 0.15) is 37.1 Å². The fourth-order valence-corrected chi connectivity index (χ4v) is 2.42. The Morgan fingerprint density at radius 1 is 1.21 bits per heavy atom. The Bertz CT molecular complexity index is 545. The van der Waals surface area contributed by atoms with Crippen molar-refractivity contribution in [1.29, 1.82) is 0 Å². The van der Waals surface area contributed by atoms with Crippen LogP contribution in [0.25, 0.3) is 0 Å². The summed E-state index contributed by atoms with van der Waals surface area (Å²) < 4.78 is 14.7. The minimum atomic E-state index is -0.193. The normalized spacial score (nSPS) is 14.1. The summed E-state index contributed by atoms with van der Waals surface area (Å²) >= 11 is 3.37. The molecule has 1 unspecified atom stereocenters. The van der Waals surface area contributed by atoms with Crippen molar-refractivity contribution >= 4 is 15.9 Å². The molecule has 2 nitrogen and oxygen atoms in total. The van der Waals surface area contributed by atoms with Crippen molar-refractivity contribution < 1.29 is 4.39 Å². The first-order valence-corrected chi connectivity index (χ1v) is 6.98. The topological polar surface area (TPSA) is 24.9 Å². The fraction of sp³-hybridized carbons (Fsp3) is 0.267. The van der Waals surface area contributed by atoms with Gasteiger partial charge in [-0.05, 0) is 43.7 Å². The van der Waals surface area contributed by atoms with Crippen molar-refractivity contribution in [3.63, 3.8) is 0 Å². The predicted molar refractivity (Wildman–Crippen MR) is 78.3 cm³/mol. The van der Waals surface area contributed by atoms with E-state index in [1.54, 1.807) is 12.3 Å². The Morgan fingerprint density at radius 3 is 2.68 bits per heavy atom. The highest BCUT2D eigenvalue weighted by atomic mass is 79.9. The predicted octanol–water partition coefficient (Wildman–Crippen LogP) is 4.40. The maximum absolute atomic E-state index is 13.8. The van der Waals surface area contributed by atoms with Gasteiger partial charge in [0.05, 0.1) is 0 Å². The Labute approximate surface area is 121 Å². The van der Waals surface area contributed by atoms with E-state index in [-0.39, 0.29) is 17.9 Å². The molecule has 0 fully saturated rings. The van der Waals surface area contributed by atoms with Crippen molar-refractivity contribution in [2.75, 3.05) is 0 Å². The van der Waals surface area contributed by atoms with Gasteiger partial charge in [0.15, 0.2) is 0 Å². The smallest absolute Gasteiger partial charge is 0.128 e. The van der Waals surface area contributed by atoms with Gasteiger partial charge in [0.1, 0.15) is 5.82 Å². The SMILES string of the molecule is CC(N[C@@H](C)c1cccnc1)c1cc(Br)ccc1F. The van der Waals surface area contributed by atoms with Crippen LogP contribution >= 0.6 is 15.9 Å². The van der Waals surface area contributed by atoms with Gasteiger partial charge in [0.2, 0.25) is 0 Å². The van der Waals surface area contributed by atoms with Crippen LogP contribution in [-0.4, -0.2) is 4.98 Å². The first kappa shape index (κ1) is 14.2. The van der Waals surface area contributed by atoms with Crippen LogP contribution in [0.4, 0.5) is 4.39 Å². The maximum Gasteiger partial charge on any atom is 0.128 e. The lowest BCUT2D eigenvalue weighted by atomic mass is 10.0. The van der Waals surface area contributed by atoms with Gasteiger partial charge in [0.25, 0.3) is 0 Å². The molecule has 0 radical (unpaired) electrons. The van der Waals surface area contributed by atoms with Crippen LogP contribution < -0.4 is 5.32 Å². The summed E-state index contributed by atoms with van der Waals surface area (Å²) in [5.41, 5.74) is 1.75. The average Bonchev–Trinajstić information content (AvgIpc) is 2.42. The molecule has 2 rings (SSSR count). The van der Waals surface area contributed by atoms with E-state index in [2.05, 4.69) is 26.2 Å². The highest BCUT2D eigenvalue weighted by Gasteiger charge is 2.14. The number of rotatable bonds is 4. The summed E-state index contributed by atoms with van der Waals surface area (Å²) in [4.78, 5) is 4.10. The number of pyridine rings is 1. The highest BCUT2D eigenvalue weighted by molar-refractivity contribution is 9.10. The highest BCUT2D eigenvalue weighted by Crippen LogP contribution is 2.24. The third-order valence-electron chi connectivity index (χ3n) is 3.11. The first-order valence-electron chi connectivity index (χ1n) is 6.19. The van der Waals surface area contributed by atoms with Gasteiger partial charge >= 0.3 is 0 Å². The van der Waals surface area contributed by atoms with Gasteiger partial charge < -0.3 is 5.32 Å². The molecule has 100 valence electrons. The number of hydrogen-bond donors (Lipinski definition) is 1. The van der Waals surface area contributed by atoms with Crippen molar-refractivity contribution in [3.05, 3.63) is 64.1 Å². The average molecular weight is 323 g/mol. The lowest BCUT2D eigenvalue weighted by Crippen LogP contribution is -2.23. The van der Waals surface area contributed by atoms with E-state index in [4.69, 9.17) is 0 Å². The van der Waals surface area contributed by atoms with Gasteiger partial charge in [-0.15, -0.1) is 0 Å². The largest absolute Gasteiger partial charge is 0.303 e. The van der Waals surface area contributed by atoms with E-state index in [0.29, 0.717) is 5.56 Å². The van der Waals surface area contributed by atoms with Crippen molar-refractivity contribution in [1.82, 2.24) is 10.3 Å². The van der Waals surface area contributed by atoms with Crippen LogP contribution in [0.5, 0.6) is 0 Å². The fourth-order valence-electron chi connectivity index (χ4n) is 2.04. The standard InChI is InChI=1S/C15H16BrFN2/c1-10(12-4-3-7-18-9-12)19-11(2)14-8-13(16)5-6-15(14)17/h3-11,19H,1-2H3/t10-,11?/m0/s1. The molecule has 2 aromatic rings. The zero-order valence-corrected chi connectivity index (χ0v) is 12.5. The van der Waals surface area contributed by atoms with Crippen LogP contribution in [0.2, 0.25) is 0 Å². The van der Waals surface area contributed by atoms with E-state index in [9.17, 15) is 4.39 Å². The second kappa shape index (κ2) is 6.26. The molecule has 4 heteroatoms. The molecule has 2 atom stereocenters. The minimum absolute atomic E-state index is 0.0762. The van der Waals surface area contributed by atoms with Gasteiger partial charge in [-0.1, -0.05) is 22.0 Å². The molecule has 0 amide bonds. The molecule has 19 heavy (non-hydrogen) atoms. The molecule has 1 N–H and O–H groups in total. The molecule has 0 saturated heterocycles. The van der Waals surface area contributed by atoms with E-state index in [1.165, 1.54) is 6.07 Å². The lowest BCUT2D eigenvalue weighted by Gasteiger charge is -2.21. The molecular weight excluding hydrogens is 307 g/mol. The Hall–Kier alpha value is -1.26. The number of benzene rings is 1. The number of aromatic nitrogens is 1. The molecular formula is C15H16BrFN2. The molecule has 1 aromatic carbocycles. The third kappa shape index (κ3) is 3.61. The molecule has 0 aliphatic heterocycles. The first-order chi connectivity index (χ1) is 9.08. The van der Waals surface area contributed by atoms with Crippen LogP contribution in [0, 0.1) is 5.82 Å². The quantitative estimate of drug-likeness (QED) is 0.902. The van der Waals surface area contributed by atoms with Crippen LogP contribution in [0.3, 0.4) is 0 Å². The summed E-state index contributed by atoms with van der Waals surface area (Å²) in [5, 5.41) is 3.38. The molecule has 0 spiro atoms. The van der Waals surface area contributed by atoms with Crippen LogP contribution in [-0.2, 0) is 0 Å². The summed E-state index contributed by atoms with van der Waals surface area (Å²) in [7, 11) is 0. The van der Waals surface area contributed by atoms with Gasteiger partial charge in [-0.2, -0.15) is 0 Å². The molecule has 0 aliphatic carbocycles. The Balaban J connectivity index is 2.13. The zero-order valence-electron chi connectivity index (χ0n) is 10.9. The van der Waals surface area contributed by atoms with Gasteiger partial charge in [-0.3, -0.25) is 4.98 Å². The minimum Gasteiger partial charge on any atom is -0.303 e.